The summed E-state index contributed by atoms with van der Waals surface area (Å²) in [5, 5.41) is 3.44. The van der Waals surface area contributed by atoms with E-state index in [-0.39, 0.29) is 24.5 Å². The molecule has 100 valence electrons. The van der Waals surface area contributed by atoms with Crippen molar-refractivity contribution in [3.8, 4) is 0 Å². The fourth-order valence-corrected chi connectivity index (χ4v) is 2.31. The molecule has 0 saturated heterocycles. The molecule has 0 aliphatic rings. The summed E-state index contributed by atoms with van der Waals surface area (Å²) >= 11 is 11.7. The molecule has 1 aromatic rings. The van der Waals surface area contributed by atoms with Gasteiger partial charge < -0.3 is 5.32 Å². The molecule has 18 heavy (non-hydrogen) atoms. The molecule has 1 rings (SSSR count). The Labute approximate surface area is 116 Å². The topological polar surface area (TPSA) is 63.2 Å². The minimum atomic E-state index is -3.03. The summed E-state index contributed by atoms with van der Waals surface area (Å²) < 4.78 is 21.8. The number of amides is 1. The molecule has 0 unspecified atom stereocenters. The molecule has 0 aromatic heterocycles. The molecule has 0 spiro atoms. The number of carbonyl (C=O) groups excluding carboxylic acids is 1. The molecule has 0 saturated carbocycles. The SMILES string of the molecule is CS(=O)(=O)CCCC(=O)Nc1cc(Cl)ccc1Cl. The van der Waals surface area contributed by atoms with Gasteiger partial charge in [0, 0.05) is 17.7 Å². The molecule has 1 amide bonds. The number of hydrogen-bond donors (Lipinski definition) is 1. The molecule has 4 nitrogen and oxygen atoms in total. The summed E-state index contributed by atoms with van der Waals surface area (Å²) in [5.74, 6) is -0.299. The third-order valence-electron chi connectivity index (χ3n) is 2.12. The second kappa shape index (κ2) is 6.41. The molecular weight excluding hydrogens is 297 g/mol. The first kappa shape index (κ1) is 15.3. The van der Waals surface area contributed by atoms with Gasteiger partial charge in [-0.2, -0.15) is 0 Å². The maximum absolute atomic E-state index is 11.6. The van der Waals surface area contributed by atoms with E-state index in [1.807, 2.05) is 0 Å². The van der Waals surface area contributed by atoms with Crippen molar-refractivity contribution < 1.29 is 13.2 Å². The van der Waals surface area contributed by atoms with E-state index in [2.05, 4.69) is 5.32 Å². The number of halogens is 2. The van der Waals surface area contributed by atoms with E-state index in [0.29, 0.717) is 15.7 Å². The van der Waals surface area contributed by atoms with Crippen molar-refractivity contribution >= 4 is 44.6 Å². The molecule has 1 N–H and O–H groups in total. The van der Waals surface area contributed by atoms with Gasteiger partial charge in [-0.05, 0) is 24.6 Å². The molecule has 0 atom stereocenters. The zero-order chi connectivity index (χ0) is 13.8. The predicted molar refractivity (Wildman–Crippen MR) is 74.0 cm³/mol. The van der Waals surface area contributed by atoms with Crippen LogP contribution in [0.25, 0.3) is 0 Å². The Balaban J connectivity index is 2.52. The molecular formula is C11H13Cl2NO3S. The highest BCUT2D eigenvalue weighted by Gasteiger charge is 2.08. The first-order valence-electron chi connectivity index (χ1n) is 5.20. The van der Waals surface area contributed by atoms with Crippen LogP contribution < -0.4 is 5.32 Å². The van der Waals surface area contributed by atoms with Crippen LogP contribution in [0.3, 0.4) is 0 Å². The second-order valence-corrected chi connectivity index (χ2v) is 7.01. The summed E-state index contributed by atoms with van der Waals surface area (Å²) in [5.41, 5.74) is 0.425. The Bertz CT molecular complexity index is 543. The number of nitrogens with one attached hydrogen (secondary N) is 1. The van der Waals surface area contributed by atoms with Crippen molar-refractivity contribution in [3.63, 3.8) is 0 Å². The zero-order valence-electron chi connectivity index (χ0n) is 9.74. The molecule has 7 heteroatoms. The number of hydrogen-bond acceptors (Lipinski definition) is 3. The van der Waals surface area contributed by atoms with Gasteiger partial charge in [-0.1, -0.05) is 23.2 Å². The van der Waals surface area contributed by atoms with Crippen molar-refractivity contribution in [3.05, 3.63) is 28.2 Å². The number of carbonyl (C=O) groups is 1. The number of benzene rings is 1. The number of anilines is 1. The van der Waals surface area contributed by atoms with Crippen molar-refractivity contribution in [1.82, 2.24) is 0 Å². The quantitative estimate of drug-likeness (QED) is 0.909. The molecule has 1 aromatic carbocycles. The molecule has 0 fully saturated rings. The largest absolute Gasteiger partial charge is 0.325 e. The molecule has 0 radical (unpaired) electrons. The summed E-state index contributed by atoms with van der Waals surface area (Å²) in [4.78, 5) is 11.6. The number of sulfone groups is 1. The fraction of sp³-hybridized carbons (Fsp3) is 0.364. The molecule has 0 heterocycles. The van der Waals surface area contributed by atoms with Gasteiger partial charge in [0.1, 0.15) is 9.84 Å². The van der Waals surface area contributed by atoms with E-state index >= 15 is 0 Å². The van der Waals surface area contributed by atoms with Crippen molar-refractivity contribution in [2.75, 3.05) is 17.3 Å². The van der Waals surface area contributed by atoms with E-state index in [4.69, 9.17) is 23.2 Å². The Morgan fingerprint density at radius 3 is 2.61 bits per heavy atom. The lowest BCUT2D eigenvalue weighted by Crippen LogP contribution is -2.13. The van der Waals surface area contributed by atoms with Gasteiger partial charge >= 0.3 is 0 Å². The van der Waals surface area contributed by atoms with Crippen molar-refractivity contribution in [2.24, 2.45) is 0 Å². The van der Waals surface area contributed by atoms with Crippen LogP contribution in [0.5, 0.6) is 0 Å². The van der Waals surface area contributed by atoms with E-state index in [1.54, 1.807) is 18.2 Å². The van der Waals surface area contributed by atoms with Crippen LogP contribution in [0, 0.1) is 0 Å². The summed E-state index contributed by atoms with van der Waals surface area (Å²) in [6.07, 6.45) is 1.54. The van der Waals surface area contributed by atoms with Gasteiger partial charge in [0.2, 0.25) is 5.91 Å². The van der Waals surface area contributed by atoms with Crippen LogP contribution in [0.4, 0.5) is 5.69 Å². The lowest BCUT2D eigenvalue weighted by molar-refractivity contribution is -0.116. The lowest BCUT2D eigenvalue weighted by Gasteiger charge is -2.07. The third kappa shape index (κ3) is 5.71. The van der Waals surface area contributed by atoms with E-state index < -0.39 is 9.84 Å². The standard InChI is InChI=1S/C11H13Cl2NO3S/c1-18(16,17)6-2-3-11(15)14-10-7-8(12)4-5-9(10)13/h4-5,7H,2-3,6H2,1H3,(H,14,15). The minimum absolute atomic E-state index is 0.0102. The van der Waals surface area contributed by atoms with Crippen LogP contribution in [0.1, 0.15) is 12.8 Å². The second-order valence-electron chi connectivity index (χ2n) is 3.91. The van der Waals surface area contributed by atoms with Crippen molar-refractivity contribution in [1.29, 1.82) is 0 Å². The average Bonchev–Trinajstić information content (AvgIpc) is 2.21. The fourth-order valence-electron chi connectivity index (χ4n) is 1.30. The third-order valence-corrected chi connectivity index (χ3v) is 3.72. The molecule has 0 aliphatic carbocycles. The van der Waals surface area contributed by atoms with Crippen LogP contribution in [0.2, 0.25) is 10.0 Å². The maximum Gasteiger partial charge on any atom is 0.224 e. The van der Waals surface area contributed by atoms with Gasteiger partial charge in [0.25, 0.3) is 0 Å². The van der Waals surface area contributed by atoms with Gasteiger partial charge in [0.05, 0.1) is 16.5 Å². The highest BCUT2D eigenvalue weighted by Crippen LogP contribution is 2.25. The van der Waals surface area contributed by atoms with Gasteiger partial charge in [0.15, 0.2) is 0 Å². The van der Waals surface area contributed by atoms with E-state index in [0.717, 1.165) is 6.26 Å². The first-order valence-corrected chi connectivity index (χ1v) is 8.02. The van der Waals surface area contributed by atoms with Crippen LogP contribution in [-0.4, -0.2) is 26.3 Å². The summed E-state index contributed by atoms with van der Waals surface area (Å²) in [6, 6.07) is 4.73. The minimum Gasteiger partial charge on any atom is -0.325 e. The first-order chi connectivity index (χ1) is 8.28. The Morgan fingerprint density at radius 2 is 2.00 bits per heavy atom. The predicted octanol–water partition coefficient (Wildman–Crippen LogP) is 2.76. The van der Waals surface area contributed by atoms with Gasteiger partial charge in [-0.3, -0.25) is 4.79 Å². The smallest absolute Gasteiger partial charge is 0.224 e. The highest BCUT2D eigenvalue weighted by molar-refractivity contribution is 7.90. The zero-order valence-corrected chi connectivity index (χ0v) is 12.1. The molecule has 0 aliphatic heterocycles. The Morgan fingerprint density at radius 1 is 1.33 bits per heavy atom. The Kier molecular flexibility index (Phi) is 5.44. The molecule has 0 bridgehead atoms. The Hall–Kier alpha value is -0.780. The lowest BCUT2D eigenvalue weighted by atomic mass is 10.3. The van der Waals surface area contributed by atoms with Crippen LogP contribution >= 0.6 is 23.2 Å². The van der Waals surface area contributed by atoms with Crippen LogP contribution in [0.15, 0.2) is 18.2 Å². The van der Waals surface area contributed by atoms with E-state index in [9.17, 15) is 13.2 Å². The van der Waals surface area contributed by atoms with Crippen LogP contribution in [-0.2, 0) is 14.6 Å². The number of rotatable bonds is 5. The highest BCUT2D eigenvalue weighted by atomic mass is 35.5. The van der Waals surface area contributed by atoms with E-state index in [1.165, 1.54) is 0 Å². The van der Waals surface area contributed by atoms with Gasteiger partial charge in [-0.25, -0.2) is 8.42 Å². The monoisotopic (exact) mass is 309 g/mol. The van der Waals surface area contributed by atoms with Crippen molar-refractivity contribution in [2.45, 2.75) is 12.8 Å². The summed E-state index contributed by atoms with van der Waals surface area (Å²) in [7, 11) is -3.03. The average molecular weight is 310 g/mol. The van der Waals surface area contributed by atoms with Gasteiger partial charge in [-0.15, -0.1) is 0 Å². The summed E-state index contributed by atoms with van der Waals surface area (Å²) in [6.45, 7) is 0. The normalized spacial score (nSPS) is 11.3. The maximum atomic E-state index is 11.6.